The zero-order valence-corrected chi connectivity index (χ0v) is 9.85. The summed E-state index contributed by atoms with van der Waals surface area (Å²) in [5.74, 6) is -0.443. The van der Waals surface area contributed by atoms with Gasteiger partial charge in [0.05, 0.1) is 23.6 Å². The number of nitrogens with one attached hydrogen (secondary N) is 1. The van der Waals surface area contributed by atoms with Gasteiger partial charge >= 0.3 is 0 Å². The van der Waals surface area contributed by atoms with Crippen molar-refractivity contribution in [2.75, 3.05) is 5.32 Å². The lowest BCUT2D eigenvalue weighted by Gasteiger charge is -2.05. The fraction of sp³-hybridized carbons (Fsp3) is 0. The molecule has 0 unspecified atom stereocenters. The van der Waals surface area contributed by atoms with Crippen LogP contribution in [0, 0.1) is 11.3 Å². The Hall–Kier alpha value is -2.45. The van der Waals surface area contributed by atoms with Gasteiger partial charge in [-0.3, -0.25) is 4.79 Å². The van der Waals surface area contributed by atoms with E-state index in [1.807, 2.05) is 6.07 Å². The Balaban J connectivity index is 2.22. The Morgan fingerprint density at radius 3 is 2.72 bits per heavy atom. The number of para-hydroxylation sites is 1. The standard InChI is InChI=1S/C12H7ClN4O/c13-11-7-15-10(6-16-11)12(18)17-9-4-2-1-3-8(9)5-14/h1-4,6-7H,(H,17,18). The second-order valence-electron chi connectivity index (χ2n) is 3.34. The van der Waals surface area contributed by atoms with Gasteiger partial charge in [-0.05, 0) is 12.1 Å². The molecule has 0 radical (unpaired) electrons. The summed E-state index contributed by atoms with van der Waals surface area (Å²) in [6.45, 7) is 0. The normalized spacial score (nSPS) is 9.56. The zero-order valence-electron chi connectivity index (χ0n) is 9.09. The molecule has 1 heterocycles. The van der Waals surface area contributed by atoms with Crippen LogP contribution in [-0.2, 0) is 0 Å². The maximum atomic E-state index is 11.8. The maximum absolute atomic E-state index is 11.8. The minimum Gasteiger partial charge on any atom is -0.319 e. The quantitative estimate of drug-likeness (QED) is 0.896. The predicted octanol–water partition coefficient (Wildman–Crippen LogP) is 2.25. The van der Waals surface area contributed by atoms with E-state index in [-0.39, 0.29) is 10.8 Å². The Kier molecular flexibility index (Phi) is 3.51. The van der Waals surface area contributed by atoms with Crippen molar-refractivity contribution in [1.29, 1.82) is 5.26 Å². The average Bonchev–Trinajstić information content (AvgIpc) is 2.40. The van der Waals surface area contributed by atoms with Crippen molar-refractivity contribution in [3.8, 4) is 6.07 Å². The molecule has 2 rings (SSSR count). The average molecular weight is 259 g/mol. The van der Waals surface area contributed by atoms with Crippen LogP contribution in [0.2, 0.25) is 5.15 Å². The lowest BCUT2D eigenvalue weighted by Crippen LogP contribution is -2.14. The second-order valence-corrected chi connectivity index (χ2v) is 3.72. The first-order valence-electron chi connectivity index (χ1n) is 4.99. The molecule has 88 valence electrons. The largest absolute Gasteiger partial charge is 0.319 e. The lowest BCUT2D eigenvalue weighted by atomic mass is 10.2. The van der Waals surface area contributed by atoms with Crippen molar-refractivity contribution in [2.45, 2.75) is 0 Å². The molecule has 0 fully saturated rings. The van der Waals surface area contributed by atoms with Crippen molar-refractivity contribution >= 4 is 23.2 Å². The Morgan fingerprint density at radius 1 is 1.28 bits per heavy atom. The highest BCUT2D eigenvalue weighted by Gasteiger charge is 2.10. The molecule has 6 heteroatoms. The first-order valence-corrected chi connectivity index (χ1v) is 5.36. The highest BCUT2D eigenvalue weighted by Crippen LogP contribution is 2.14. The first kappa shape index (κ1) is 12.0. The van der Waals surface area contributed by atoms with Crippen molar-refractivity contribution in [3.05, 3.63) is 53.1 Å². The van der Waals surface area contributed by atoms with Gasteiger partial charge in [-0.15, -0.1) is 0 Å². The first-order chi connectivity index (χ1) is 8.70. The van der Waals surface area contributed by atoms with Crippen LogP contribution in [-0.4, -0.2) is 15.9 Å². The van der Waals surface area contributed by atoms with Crippen LogP contribution >= 0.6 is 11.6 Å². The Labute approximate surface area is 108 Å². The van der Waals surface area contributed by atoms with E-state index < -0.39 is 5.91 Å². The number of hydrogen-bond acceptors (Lipinski definition) is 4. The van der Waals surface area contributed by atoms with E-state index in [9.17, 15) is 4.79 Å². The van der Waals surface area contributed by atoms with Gasteiger partial charge in [0, 0.05) is 0 Å². The van der Waals surface area contributed by atoms with Crippen molar-refractivity contribution in [2.24, 2.45) is 0 Å². The van der Waals surface area contributed by atoms with Crippen LogP contribution < -0.4 is 5.32 Å². The molecular formula is C12H7ClN4O. The summed E-state index contributed by atoms with van der Waals surface area (Å²) in [4.78, 5) is 19.4. The van der Waals surface area contributed by atoms with Gasteiger partial charge < -0.3 is 5.32 Å². The molecule has 0 atom stereocenters. The molecule has 0 bridgehead atoms. The minimum absolute atomic E-state index is 0.132. The molecule has 0 aliphatic carbocycles. The number of halogens is 1. The molecule has 0 saturated heterocycles. The molecule has 0 saturated carbocycles. The van der Waals surface area contributed by atoms with Gasteiger partial charge in [0.25, 0.3) is 5.91 Å². The number of benzene rings is 1. The molecular weight excluding hydrogens is 252 g/mol. The Morgan fingerprint density at radius 2 is 2.06 bits per heavy atom. The van der Waals surface area contributed by atoms with E-state index in [2.05, 4.69) is 15.3 Å². The number of nitriles is 1. The van der Waals surface area contributed by atoms with Crippen LogP contribution in [0.4, 0.5) is 5.69 Å². The predicted molar refractivity (Wildman–Crippen MR) is 66.2 cm³/mol. The van der Waals surface area contributed by atoms with E-state index in [0.29, 0.717) is 11.3 Å². The molecule has 2 aromatic rings. The summed E-state index contributed by atoms with van der Waals surface area (Å²) in [5.41, 5.74) is 0.946. The van der Waals surface area contributed by atoms with Gasteiger partial charge in [0.1, 0.15) is 16.9 Å². The third-order valence-corrected chi connectivity index (χ3v) is 2.34. The fourth-order valence-electron chi connectivity index (χ4n) is 1.31. The number of amides is 1. The van der Waals surface area contributed by atoms with Gasteiger partial charge in [0.15, 0.2) is 0 Å². The summed E-state index contributed by atoms with van der Waals surface area (Å²) in [6, 6.07) is 8.69. The topological polar surface area (TPSA) is 78.7 Å². The van der Waals surface area contributed by atoms with Crippen LogP contribution in [0.1, 0.15) is 16.1 Å². The minimum atomic E-state index is -0.443. The summed E-state index contributed by atoms with van der Waals surface area (Å²) in [5, 5.41) is 11.7. The molecule has 18 heavy (non-hydrogen) atoms. The second kappa shape index (κ2) is 5.25. The van der Waals surface area contributed by atoms with Crippen LogP contribution in [0.3, 0.4) is 0 Å². The van der Waals surface area contributed by atoms with Crippen molar-refractivity contribution in [3.63, 3.8) is 0 Å². The van der Waals surface area contributed by atoms with Crippen LogP contribution in [0.15, 0.2) is 36.7 Å². The van der Waals surface area contributed by atoms with E-state index in [1.165, 1.54) is 12.4 Å². The molecule has 1 aromatic heterocycles. The number of anilines is 1. The molecule has 1 amide bonds. The third-order valence-electron chi connectivity index (χ3n) is 2.15. The van der Waals surface area contributed by atoms with E-state index in [4.69, 9.17) is 16.9 Å². The fourth-order valence-corrected chi connectivity index (χ4v) is 1.40. The number of carbonyl (C=O) groups is 1. The van der Waals surface area contributed by atoms with Gasteiger partial charge in [-0.25, -0.2) is 9.97 Å². The number of rotatable bonds is 2. The molecule has 0 aliphatic heterocycles. The van der Waals surface area contributed by atoms with Crippen LogP contribution in [0.25, 0.3) is 0 Å². The number of carbonyl (C=O) groups excluding carboxylic acids is 1. The monoisotopic (exact) mass is 258 g/mol. The van der Waals surface area contributed by atoms with Crippen molar-refractivity contribution in [1.82, 2.24) is 9.97 Å². The number of aromatic nitrogens is 2. The zero-order chi connectivity index (χ0) is 13.0. The molecule has 0 spiro atoms. The maximum Gasteiger partial charge on any atom is 0.275 e. The number of nitrogens with zero attached hydrogens (tertiary/aromatic N) is 3. The van der Waals surface area contributed by atoms with E-state index in [0.717, 1.165) is 0 Å². The summed E-state index contributed by atoms with van der Waals surface area (Å²) in [6.07, 6.45) is 2.55. The van der Waals surface area contributed by atoms with Gasteiger partial charge in [-0.2, -0.15) is 5.26 Å². The van der Waals surface area contributed by atoms with E-state index >= 15 is 0 Å². The molecule has 1 N–H and O–H groups in total. The summed E-state index contributed by atoms with van der Waals surface area (Å²) in [7, 11) is 0. The van der Waals surface area contributed by atoms with Crippen molar-refractivity contribution < 1.29 is 4.79 Å². The van der Waals surface area contributed by atoms with Gasteiger partial charge in [0.2, 0.25) is 0 Å². The highest BCUT2D eigenvalue weighted by molar-refractivity contribution is 6.29. The van der Waals surface area contributed by atoms with Gasteiger partial charge in [-0.1, -0.05) is 23.7 Å². The molecule has 1 aromatic carbocycles. The third kappa shape index (κ3) is 2.62. The molecule has 0 aliphatic rings. The highest BCUT2D eigenvalue weighted by atomic mass is 35.5. The van der Waals surface area contributed by atoms with Crippen LogP contribution in [0.5, 0.6) is 0 Å². The summed E-state index contributed by atoms with van der Waals surface area (Å²) >= 11 is 5.58. The number of hydrogen-bond donors (Lipinski definition) is 1. The smallest absolute Gasteiger partial charge is 0.275 e. The lowest BCUT2D eigenvalue weighted by molar-refractivity contribution is 0.102. The SMILES string of the molecule is N#Cc1ccccc1NC(=O)c1cnc(Cl)cn1. The summed E-state index contributed by atoms with van der Waals surface area (Å²) < 4.78 is 0. The molecule has 5 nitrogen and oxygen atoms in total. The Bertz CT molecular complexity index is 619. The van der Waals surface area contributed by atoms with E-state index in [1.54, 1.807) is 24.3 Å².